The summed E-state index contributed by atoms with van der Waals surface area (Å²) in [5, 5.41) is 89.7. The number of benzene rings is 4. The van der Waals surface area contributed by atoms with Gasteiger partial charge in [0, 0.05) is 23.1 Å². The molecule has 296 valence electrons. The number of carbonyl (C=O) groups is 10. The van der Waals surface area contributed by atoms with E-state index >= 15 is 0 Å². The summed E-state index contributed by atoms with van der Waals surface area (Å²) in [5.41, 5.74) is -1.87. The summed E-state index contributed by atoms with van der Waals surface area (Å²) < 4.78 is 0. The zero-order valence-corrected chi connectivity index (χ0v) is 40.6. The Morgan fingerprint density at radius 3 is 0.483 bits per heavy atom. The van der Waals surface area contributed by atoms with E-state index in [-0.39, 0.29) is 163 Å². The normalized spacial score (nSPS) is 8.30. The van der Waals surface area contributed by atoms with Gasteiger partial charge in [-0.3, -0.25) is 0 Å². The topological polar surface area (TPSA) is 384 Å². The fraction of sp³-hybridized carbons (Fsp3) is 0.0556. The molecule has 20 nitrogen and oxygen atoms in total. The molecule has 0 saturated carbocycles. The minimum Gasteiger partial charge on any atom is -0.550 e. The van der Waals surface area contributed by atoms with Crippen LogP contribution in [-0.2, 0) is 9.59 Å². The minimum atomic E-state index is -1.52. The quantitative estimate of drug-likeness (QED) is 0.0895. The summed E-state index contributed by atoms with van der Waals surface area (Å²) >= 11 is 0. The summed E-state index contributed by atoms with van der Waals surface area (Å²) in [6.45, 7) is 1.94. The van der Waals surface area contributed by atoms with Crippen LogP contribution in [0.2, 0.25) is 0 Å². The van der Waals surface area contributed by atoms with E-state index in [4.69, 9.17) is 50.4 Å². The monoisotopic (exact) mass is 872 g/mol. The van der Waals surface area contributed by atoms with Crippen molar-refractivity contribution in [1.82, 2.24) is 0 Å². The molecule has 0 unspecified atom stereocenters. The van der Waals surface area contributed by atoms with Gasteiger partial charge in [0.25, 0.3) is 0 Å². The number of aliphatic carboxylic acids is 2. The average molecular weight is 873 g/mol. The van der Waals surface area contributed by atoms with E-state index in [0.29, 0.717) is 0 Å². The zero-order valence-electron chi connectivity index (χ0n) is 32.6. The number of carboxylic acid groups (broad SMARTS) is 10. The first-order chi connectivity index (χ1) is 26.0. The van der Waals surface area contributed by atoms with Gasteiger partial charge < -0.3 is 70.2 Å². The summed E-state index contributed by atoms with van der Waals surface area (Å²) in [5.74, 6) is -12.6. The van der Waals surface area contributed by atoms with Crippen molar-refractivity contribution in [1.29, 1.82) is 0 Å². The summed E-state index contributed by atoms with van der Waals surface area (Å²) in [6.07, 6.45) is 0. The van der Waals surface area contributed by atoms with Gasteiger partial charge in [0.1, 0.15) is 0 Å². The fourth-order valence-electron chi connectivity index (χ4n) is 3.41. The minimum absolute atomic E-state index is 0. The first kappa shape index (κ1) is 67.4. The zero-order chi connectivity index (χ0) is 43.7. The predicted octanol–water partition coefficient (Wildman–Crippen LogP) is -12.8. The third-order valence-corrected chi connectivity index (χ3v) is 5.53. The number of hydrogen-bond acceptors (Lipinski definition) is 14. The smallest absolute Gasteiger partial charge is 0.550 e. The van der Waals surface area contributed by atoms with Gasteiger partial charge in [-0.25, -0.2) is 28.8 Å². The summed E-state index contributed by atoms with van der Waals surface area (Å²) in [7, 11) is 0. The van der Waals surface area contributed by atoms with Crippen molar-refractivity contribution in [2.75, 3.05) is 0 Å². The van der Waals surface area contributed by atoms with Gasteiger partial charge in [-0.1, -0.05) is 60.7 Å². The molecule has 0 aliphatic heterocycles. The molecule has 0 radical (unpaired) electrons. The van der Waals surface area contributed by atoms with Crippen LogP contribution < -0.4 is 139 Å². The van der Waals surface area contributed by atoms with Crippen molar-refractivity contribution < 1.29 is 217 Å². The van der Waals surface area contributed by atoms with Crippen LogP contribution in [0.1, 0.15) is 96.7 Å². The Balaban J connectivity index is -0.000000149. The Hall–Kier alpha value is -4.42. The van der Waals surface area contributed by atoms with Crippen LogP contribution in [-0.4, -0.2) is 90.3 Å². The molecule has 0 bridgehead atoms. The molecule has 0 aromatic heterocycles. The van der Waals surface area contributed by atoms with E-state index in [1.807, 2.05) is 0 Å². The van der Waals surface area contributed by atoms with Crippen LogP contribution in [0, 0.1) is 0 Å². The molecule has 0 atom stereocenters. The SMILES string of the molecule is CC(=O)[O-].CC(=O)[O-].O=C(O)c1ccccc1C(=O)O.O=C(O)c1ccccc1C(=O)O.O=C(O)c1ccccc1C(=O)O.O=C([O-])c1ccccc1C(=O)[O-].[Na+].[Na+].[Na+].[Na+]. The number of hydrogen-bond donors (Lipinski definition) is 6. The first-order valence-electron chi connectivity index (χ1n) is 14.5. The molecule has 4 aromatic carbocycles. The Morgan fingerprint density at radius 2 is 0.400 bits per heavy atom. The Kier molecular flexibility index (Phi) is 40.9. The summed E-state index contributed by atoms with van der Waals surface area (Å²) in [4.78, 5) is 101. The third-order valence-electron chi connectivity index (χ3n) is 5.53. The molecule has 0 heterocycles. The van der Waals surface area contributed by atoms with E-state index < -0.39 is 59.7 Å². The largest absolute Gasteiger partial charge is 1.00 e. The maximum Gasteiger partial charge on any atom is 1.00 e. The second-order valence-corrected chi connectivity index (χ2v) is 9.57. The molecule has 24 heteroatoms. The van der Waals surface area contributed by atoms with Gasteiger partial charge in [0.15, 0.2) is 0 Å². The first-order valence-corrected chi connectivity index (χ1v) is 14.5. The number of aromatic carboxylic acids is 8. The predicted molar refractivity (Wildman–Crippen MR) is 178 cm³/mol. The summed E-state index contributed by atoms with van der Waals surface area (Å²) in [6, 6.07) is 21.6. The molecular weight excluding hydrogens is 844 g/mol. The van der Waals surface area contributed by atoms with Crippen molar-refractivity contribution in [2.45, 2.75) is 13.8 Å². The molecule has 4 rings (SSSR count). The molecule has 0 aliphatic rings. The van der Waals surface area contributed by atoms with Crippen molar-refractivity contribution in [3.63, 3.8) is 0 Å². The van der Waals surface area contributed by atoms with E-state index in [2.05, 4.69) is 0 Å². The van der Waals surface area contributed by atoms with Gasteiger partial charge in [-0.15, -0.1) is 0 Å². The van der Waals surface area contributed by atoms with Crippen molar-refractivity contribution >= 4 is 59.7 Å². The van der Waals surface area contributed by atoms with Crippen LogP contribution in [0.25, 0.3) is 0 Å². The molecular formula is C36H28Na4O20. The Morgan fingerprint density at radius 1 is 0.300 bits per heavy atom. The fourth-order valence-corrected chi connectivity index (χ4v) is 3.41. The molecule has 0 saturated heterocycles. The van der Waals surface area contributed by atoms with Crippen LogP contribution in [0.15, 0.2) is 97.1 Å². The standard InChI is InChI=1S/4C8H6O4.2C2H4O2.4Na/c4*9-7(10)5-3-1-2-4-6(5)8(11)12;2*1-2(3)4;;;;/h4*1-4H,(H,9,10)(H,11,12);2*1H3,(H,3,4);;;;/q;;;;;;4*+1/p-4. The van der Waals surface area contributed by atoms with Crippen LogP contribution >= 0.6 is 0 Å². The second-order valence-electron chi connectivity index (χ2n) is 9.57. The van der Waals surface area contributed by atoms with Gasteiger partial charge >= 0.3 is 154 Å². The van der Waals surface area contributed by atoms with E-state index in [0.717, 1.165) is 26.0 Å². The van der Waals surface area contributed by atoms with Gasteiger partial charge in [-0.05, 0) is 50.2 Å². The molecule has 0 fully saturated rings. The molecule has 0 spiro atoms. The van der Waals surface area contributed by atoms with Crippen LogP contribution in [0.5, 0.6) is 0 Å². The molecule has 60 heavy (non-hydrogen) atoms. The maximum atomic E-state index is 10.5. The number of rotatable bonds is 8. The van der Waals surface area contributed by atoms with Crippen molar-refractivity contribution in [3.05, 3.63) is 142 Å². The third kappa shape index (κ3) is 28.9. The van der Waals surface area contributed by atoms with Crippen LogP contribution in [0.4, 0.5) is 0 Å². The van der Waals surface area contributed by atoms with Crippen LogP contribution in [0.3, 0.4) is 0 Å². The van der Waals surface area contributed by atoms with Gasteiger partial charge in [0.2, 0.25) is 0 Å². The van der Waals surface area contributed by atoms with E-state index in [9.17, 15) is 48.6 Å². The second kappa shape index (κ2) is 36.4. The maximum absolute atomic E-state index is 10.5. The van der Waals surface area contributed by atoms with Gasteiger partial charge in [0.05, 0.1) is 45.3 Å². The molecule has 4 aromatic rings. The van der Waals surface area contributed by atoms with Crippen molar-refractivity contribution in [3.8, 4) is 0 Å². The molecule has 0 aliphatic carbocycles. The van der Waals surface area contributed by atoms with E-state index in [1.54, 1.807) is 0 Å². The molecule has 0 amide bonds. The Bertz CT molecular complexity index is 1660. The number of carboxylic acids is 10. The van der Waals surface area contributed by atoms with Crippen molar-refractivity contribution in [2.24, 2.45) is 0 Å². The molecule has 6 N–H and O–H groups in total. The number of carbonyl (C=O) groups excluding carboxylic acids is 4. The Labute approximate surface area is 427 Å². The average Bonchev–Trinajstić information content (AvgIpc) is 3.11. The van der Waals surface area contributed by atoms with E-state index in [1.165, 1.54) is 84.9 Å². The van der Waals surface area contributed by atoms with Gasteiger partial charge in [-0.2, -0.15) is 0 Å².